The number of carbonyl (C=O) groups is 2. The van der Waals surface area contributed by atoms with Gasteiger partial charge in [-0.05, 0) is 42.5 Å². The van der Waals surface area contributed by atoms with Crippen LogP contribution in [-0.2, 0) is 4.79 Å². The third kappa shape index (κ3) is 5.81. The molecule has 0 spiro atoms. The number of amides is 1. The number of rotatable bonds is 8. The molecule has 0 heterocycles. The highest BCUT2D eigenvalue weighted by Crippen LogP contribution is 2.25. The van der Waals surface area contributed by atoms with Gasteiger partial charge in [0.05, 0.1) is 5.69 Å². The molecule has 0 aliphatic heterocycles. The molecule has 0 saturated heterocycles. The molecule has 3 aromatic carbocycles. The van der Waals surface area contributed by atoms with Crippen LogP contribution >= 0.6 is 27.7 Å². The first-order valence-electron chi connectivity index (χ1n) is 9.00. The Morgan fingerprint density at radius 2 is 1.57 bits per heavy atom. The monoisotopic (exact) mass is 453 g/mol. The van der Waals surface area contributed by atoms with Gasteiger partial charge in [-0.3, -0.25) is 9.59 Å². The number of anilines is 1. The van der Waals surface area contributed by atoms with Crippen molar-refractivity contribution < 1.29 is 9.59 Å². The molecule has 1 amide bonds. The Labute approximate surface area is 177 Å². The minimum absolute atomic E-state index is 0.0851. The molecule has 0 saturated carbocycles. The van der Waals surface area contributed by atoms with E-state index in [1.54, 1.807) is 36.0 Å². The van der Waals surface area contributed by atoms with Crippen molar-refractivity contribution >= 4 is 45.1 Å². The van der Waals surface area contributed by atoms with Crippen molar-refractivity contribution in [2.24, 2.45) is 0 Å². The lowest BCUT2D eigenvalue weighted by molar-refractivity contribution is -0.116. The Morgan fingerprint density at radius 1 is 0.893 bits per heavy atom. The quantitative estimate of drug-likeness (QED) is 0.251. The van der Waals surface area contributed by atoms with Crippen molar-refractivity contribution in [2.75, 3.05) is 11.1 Å². The van der Waals surface area contributed by atoms with Gasteiger partial charge in [0.15, 0.2) is 5.78 Å². The number of hydrogen-bond donors (Lipinski definition) is 1. The zero-order chi connectivity index (χ0) is 19.8. The Kier molecular flexibility index (Phi) is 7.46. The van der Waals surface area contributed by atoms with E-state index in [1.807, 2.05) is 42.5 Å². The number of ketones is 1. The fourth-order valence-corrected chi connectivity index (χ4v) is 3.95. The number of carbonyl (C=O) groups excluding carboxylic acids is 2. The zero-order valence-corrected chi connectivity index (χ0v) is 17.6. The molecule has 0 unspecified atom stereocenters. The topological polar surface area (TPSA) is 46.2 Å². The second-order valence-corrected chi connectivity index (χ2v) is 8.28. The second kappa shape index (κ2) is 10.2. The normalized spacial score (nSPS) is 10.5. The predicted octanol–water partition coefficient (Wildman–Crippen LogP) is 6.19. The lowest BCUT2D eigenvalue weighted by Gasteiger charge is -2.11. The predicted molar refractivity (Wildman–Crippen MR) is 119 cm³/mol. The van der Waals surface area contributed by atoms with E-state index in [0.29, 0.717) is 23.2 Å². The average Bonchev–Trinajstić information content (AvgIpc) is 2.73. The summed E-state index contributed by atoms with van der Waals surface area (Å²) < 4.78 is 0.795. The van der Waals surface area contributed by atoms with Gasteiger partial charge in [-0.15, -0.1) is 11.8 Å². The van der Waals surface area contributed by atoms with Crippen molar-refractivity contribution in [3.8, 4) is 0 Å². The summed E-state index contributed by atoms with van der Waals surface area (Å²) >= 11 is 5.14. The van der Waals surface area contributed by atoms with E-state index >= 15 is 0 Å². The first kappa shape index (κ1) is 20.4. The van der Waals surface area contributed by atoms with Crippen LogP contribution in [0, 0.1) is 0 Å². The largest absolute Gasteiger partial charge is 0.325 e. The van der Waals surface area contributed by atoms with Crippen LogP contribution in [0.15, 0.2) is 88.2 Å². The van der Waals surface area contributed by atoms with Crippen molar-refractivity contribution in [3.05, 3.63) is 94.5 Å². The molecular formula is C23H20BrNO2S. The summed E-state index contributed by atoms with van der Waals surface area (Å²) in [5.41, 5.74) is 1.61. The first-order chi connectivity index (χ1) is 13.6. The molecule has 28 heavy (non-hydrogen) atoms. The highest BCUT2D eigenvalue weighted by Gasteiger charge is 2.15. The maximum atomic E-state index is 12.8. The van der Waals surface area contributed by atoms with Crippen LogP contribution in [0.25, 0.3) is 0 Å². The van der Waals surface area contributed by atoms with Crippen LogP contribution < -0.4 is 5.32 Å². The molecule has 0 bridgehead atoms. The summed E-state index contributed by atoms with van der Waals surface area (Å²) in [6, 6.07) is 24.5. The Morgan fingerprint density at radius 3 is 2.29 bits per heavy atom. The minimum Gasteiger partial charge on any atom is -0.325 e. The molecule has 5 heteroatoms. The first-order valence-corrected chi connectivity index (χ1v) is 10.8. The number of thioether (sulfide) groups is 1. The van der Waals surface area contributed by atoms with E-state index in [0.717, 1.165) is 16.6 Å². The molecule has 3 rings (SSSR count). The van der Waals surface area contributed by atoms with Crippen molar-refractivity contribution in [1.82, 2.24) is 0 Å². The molecule has 0 atom stereocenters. The van der Waals surface area contributed by atoms with E-state index < -0.39 is 0 Å². The third-order valence-electron chi connectivity index (χ3n) is 4.10. The van der Waals surface area contributed by atoms with Crippen LogP contribution in [0.4, 0.5) is 5.69 Å². The molecule has 0 aliphatic rings. The summed E-state index contributed by atoms with van der Waals surface area (Å²) in [4.78, 5) is 26.4. The number of halogens is 1. The van der Waals surface area contributed by atoms with E-state index in [9.17, 15) is 9.59 Å². The molecular weight excluding hydrogens is 434 g/mol. The van der Waals surface area contributed by atoms with E-state index in [2.05, 4.69) is 33.4 Å². The lowest BCUT2D eigenvalue weighted by Crippen LogP contribution is -2.15. The molecule has 1 N–H and O–H groups in total. The Balaban J connectivity index is 1.60. The summed E-state index contributed by atoms with van der Waals surface area (Å²) in [5, 5.41) is 2.90. The minimum atomic E-state index is -0.114. The van der Waals surface area contributed by atoms with Gasteiger partial charge in [0.25, 0.3) is 0 Å². The molecule has 142 valence electrons. The maximum Gasteiger partial charge on any atom is 0.224 e. The highest BCUT2D eigenvalue weighted by atomic mass is 79.9. The van der Waals surface area contributed by atoms with Gasteiger partial charge in [-0.1, -0.05) is 64.5 Å². The molecule has 0 fully saturated rings. The van der Waals surface area contributed by atoms with Crippen LogP contribution in [0.5, 0.6) is 0 Å². The van der Waals surface area contributed by atoms with Gasteiger partial charge < -0.3 is 5.32 Å². The Hall–Kier alpha value is -2.37. The summed E-state index contributed by atoms with van der Waals surface area (Å²) in [6.45, 7) is 0. The van der Waals surface area contributed by atoms with Crippen molar-refractivity contribution in [1.29, 1.82) is 0 Å². The molecule has 3 nitrogen and oxygen atoms in total. The van der Waals surface area contributed by atoms with Crippen molar-refractivity contribution in [3.63, 3.8) is 0 Å². The van der Waals surface area contributed by atoms with E-state index in [1.165, 1.54) is 4.90 Å². The molecule has 3 aromatic rings. The maximum absolute atomic E-state index is 12.8. The van der Waals surface area contributed by atoms with E-state index in [4.69, 9.17) is 0 Å². The smallest absolute Gasteiger partial charge is 0.224 e. The van der Waals surface area contributed by atoms with Crippen molar-refractivity contribution in [2.45, 2.75) is 17.7 Å². The standard InChI is InChI=1S/C23H20BrNO2S/c24-18-13-14-21(20(16-18)23(27)17-8-3-1-4-9-17)25-22(26)12-7-15-28-19-10-5-2-6-11-19/h1-6,8-11,13-14,16H,7,12,15H2,(H,25,26). The zero-order valence-electron chi connectivity index (χ0n) is 15.2. The van der Waals surface area contributed by atoms with Gasteiger partial charge in [0, 0.05) is 26.9 Å². The third-order valence-corrected chi connectivity index (χ3v) is 5.69. The molecule has 0 aromatic heterocycles. The summed E-state index contributed by atoms with van der Waals surface area (Å²) in [6.07, 6.45) is 1.18. The lowest BCUT2D eigenvalue weighted by atomic mass is 10.0. The molecule has 0 aliphatic carbocycles. The fraction of sp³-hybridized carbons (Fsp3) is 0.130. The summed E-state index contributed by atoms with van der Waals surface area (Å²) in [5.74, 6) is 0.669. The molecule has 0 radical (unpaired) electrons. The number of hydrogen-bond acceptors (Lipinski definition) is 3. The van der Waals surface area contributed by atoms with Gasteiger partial charge >= 0.3 is 0 Å². The Bertz CT molecular complexity index is 945. The van der Waals surface area contributed by atoms with E-state index in [-0.39, 0.29) is 11.7 Å². The van der Waals surface area contributed by atoms with Crippen LogP contribution in [0.1, 0.15) is 28.8 Å². The van der Waals surface area contributed by atoms with Gasteiger partial charge in [0.2, 0.25) is 5.91 Å². The van der Waals surface area contributed by atoms with Gasteiger partial charge in [-0.2, -0.15) is 0 Å². The van der Waals surface area contributed by atoms with Crippen LogP contribution in [0.3, 0.4) is 0 Å². The number of benzene rings is 3. The second-order valence-electron chi connectivity index (χ2n) is 6.20. The van der Waals surface area contributed by atoms with Gasteiger partial charge in [0.1, 0.15) is 0 Å². The SMILES string of the molecule is O=C(CCCSc1ccccc1)Nc1ccc(Br)cc1C(=O)c1ccccc1. The van der Waals surface area contributed by atoms with Crippen LogP contribution in [0.2, 0.25) is 0 Å². The van der Waals surface area contributed by atoms with Gasteiger partial charge in [-0.25, -0.2) is 0 Å². The van der Waals surface area contributed by atoms with Crippen LogP contribution in [-0.4, -0.2) is 17.4 Å². The average molecular weight is 454 g/mol. The summed E-state index contributed by atoms with van der Waals surface area (Å²) in [7, 11) is 0. The highest BCUT2D eigenvalue weighted by molar-refractivity contribution is 9.10. The fourth-order valence-electron chi connectivity index (χ4n) is 2.71. The number of nitrogens with one attached hydrogen (secondary N) is 1.